The molecule has 1 N–H and O–H groups in total. The summed E-state index contributed by atoms with van der Waals surface area (Å²) in [5.74, 6) is 2.00. The van der Waals surface area contributed by atoms with Crippen LogP contribution in [-0.4, -0.2) is 35.6 Å². The zero-order valence-corrected chi connectivity index (χ0v) is 9.99. The fourth-order valence-corrected chi connectivity index (χ4v) is 3.32. The van der Waals surface area contributed by atoms with Gasteiger partial charge in [-0.05, 0) is 12.2 Å². The van der Waals surface area contributed by atoms with E-state index < -0.39 is 0 Å². The number of rotatable bonds is 3. The molecule has 1 aromatic heterocycles. The number of thiazole rings is 1. The first kappa shape index (κ1) is 10.8. The first-order valence-corrected chi connectivity index (χ1v) is 6.65. The summed E-state index contributed by atoms with van der Waals surface area (Å²) in [5.41, 5.74) is 0. The molecule has 1 saturated heterocycles. The van der Waals surface area contributed by atoms with Crippen molar-refractivity contribution in [1.82, 2.24) is 4.98 Å². The Bertz CT molecular complexity index is 348. The maximum absolute atomic E-state index is 11.2. The van der Waals surface area contributed by atoms with Crippen LogP contribution in [0.3, 0.4) is 0 Å². The van der Waals surface area contributed by atoms with E-state index in [9.17, 15) is 4.79 Å². The van der Waals surface area contributed by atoms with Crippen molar-refractivity contribution >= 4 is 34.2 Å². The zero-order valence-electron chi connectivity index (χ0n) is 8.36. The van der Waals surface area contributed by atoms with Crippen LogP contribution in [0.1, 0.15) is 16.1 Å². The number of nitrogens with one attached hydrogen (secondary N) is 1. The standard InChI is InChI=1S/C9H12N2O2S2/c1-13-8(12)7-4-10-9(15-7)11-6-2-3-14-5-6/h4,6H,2-3,5H2,1H3,(H,10,11). The number of carbonyl (C=O) groups excluding carboxylic acids is 1. The summed E-state index contributed by atoms with van der Waals surface area (Å²) in [4.78, 5) is 15.9. The molecular weight excluding hydrogens is 232 g/mol. The second-order valence-corrected chi connectivity index (χ2v) is 5.41. The molecule has 6 heteroatoms. The van der Waals surface area contributed by atoms with E-state index >= 15 is 0 Å². The van der Waals surface area contributed by atoms with Crippen molar-refractivity contribution in [2.45, 2.75) is 12.5 Å². The Morgan fingerprint density at radius 3 is 3.27 bits per heavy atom. The van der Waals surface area contributed by atoms with Crippen molar-refractivity contribution in [2.24, 2.45) is 0 Å². The Kier molecular flexibility index (Phi) is 3.48. The van der Waals surface area contributed by atoms with Gasteiger partial charge in [-0.25, -0.2) is 9.78 Å². The molecule has 2 rings (SSSR count). The van der Waals surface area contributed by atoms with Crippen LogP contribution >= 0.6 is 23.1 Å². The highest BCUT2D eigenvalue weighted by molar-refractivity contribution is 7.99. The largest absolute Gasteiger partial charge is 0.465 e. The molecule has 0 amide bonds. The van der Waals surface area contributed by atoms with Gasteiger partial charge in [-0.2, -0.15) is 11.8 Å². The lowest BCUT2D eigenvalue weighted by Gasteiger charge is -2.08. The van der Waals surface area contributed by atoms with Gasteiger partial charge in [0.25, 0.3) is 0 Å². The topological polar surface area (TPSA) is 51.2 Å². The summed E-state index contributed by atoms with van der Waals surface area (Å²) in [6, 6.07) is 0.492. The van der Waals surface area contributed by atoms with Crippen molar-refractivity contribution in [3.05, 3.63) is 11.1 Å². The van der Waals surface area contributed by atoms with Crippen LogP contribution in [0.15, 0.2) is 6.20 Å². The number of thioether (sulfide) groups is 1. The average molecular weight is 244 g/mol. The minimum Gasteiger partial charge on any atom is -0.465 e. The number of carbonyl (C=O) groups is 1. The van der Waals surface area contributed by atoms with Crippen molar-refractivity contribution in [3.8, 4) is 0 Å². The molecule has 2 heterocycles. The van der Waals surface area contributed by atoms with Gasteiger partial charge in [0.05, 0.1) is 13.3 Å². The summed E-state index contributed by atoms with van der Waals surface area (Å²) >= 11 is 3.29. The Morgan fingerprint density at radius 2 is 2.60 bits per heavy atom. The Labute approximate surface area is 96.4 Å². The van der Waals surface area contributed by atoms with Gasteiger partial charge in [-0.1, -0.05) is 11.3 Å². The third-order valence-electron chi connectivity index (χ3n) is 2.15. The van der Waals surface area contributed by atoms with Gasteiger partial charge in [-0.15, -0.1) is 0 Å². The number of methoxy groups -OCH3 is 1. The molecule has 0 saturated carbocycles. The van der Waals surface area contributed by atoms with E-state index in [2.05, 4.69) is 15.0 Å². The maximum Gasteiger partial charge on any atom is 0.349 e. The molecule has 1 fully saturated rings. The molecular formula is C9H12N2O2S2. The molecule has 0 bridgehead atoms. The molecule has 0 radical (unpaired) electrons. The summed E-state index contributed by atoms with van der Waals surface area (Å²) in [6.45, 7) is 0. The average Bonchev–Trinajstić information content (AvgIpc) is 2.88. The normalized spacial score (nSPS) is 20.2. The Morgan fingerprint density at radius 1 is 1.73 bits per heavy atom. The lowest BCUT2D eigenvalue weighted by atomic mass is 10.3. The van der Waals surface area contributed by atoms with Crippen LogP contribution in [0, 0.1) is 0 Å². The molecule has 0 spiro atoms. The predicted molar refractivity (Wildman–Crippen MR) is 62.8 cm³/mol. The van der Waals surface area contributed by atoms with Gasteiger partial charge in [0.15, 0.2) is 5.13 Å². The summed E-state index contributed by atoms with van der Waals surface area (Å²) < 4.78 is 4.62. The van der Waals surface area contributed by atoms with E-state index in [1.54, 1.807) is 6.20 Å². The van der Waals surface area contributed by atoms with Crippen LogP contribution in [-0.2, 0) is 4.74 Å². The molecule has 1 aliphatic heterocycles. The molecule has 4 nitrogen and oxygen atoms in total. The lowest BCUT2D eigenvalue weighted by Crippen LogP contribution is -2.17. The van der Waals surface area contributed by atoms with Gasteiger partial charge in [0.2, 0.25) is 0 Å². The van der Waals surface area contributed by atoms with Gasteiger partial charge in [0, 0.05) is 11.8 Å². The molecule has 15 heavy (non-hydrogen) atoms. The number of hydrogen-bond donors (Lipinski definition) is 1. The van der Waals surface area contributed by atoms with E-state index in [0.717, 1.165) is 17.3 Å². The van der Waals surface area contributed by atoms with Crippen molar-refractivity contribution in [2.75, 3.05) is 23.9 Å². The number of anilines is 1. The third kappa shape index (κ3) is 2.63. The van der Waals surface area contributed by atoms with E-state index in [1.165, 1.54) is 24.2 Å². The highest BCUT2D eigenvalue weighted by Crippen LogP contribution is 2.24. The molecule has 1 unspecified atom stereocenters. The van der Waals surface area contributed by atoms with Crippen LogP contribution < -0.4 is 5.32 Å². The van der Waals surface area contributed by atoms with Gasteiger partial charge >= 0.3 is 5.97 Å². The Hall–Kier alpha value is -0.750. The number of ether oxygens (including phenoxy) is 1. The molecule has 1 aliphatic rings. The highest BCUT2D eigenvalue weighted by atomic mass is 32.2. The SMILES string of the molecule is COC(=O)c1cnc(NC2CCSC2)s1. The van der Waals surface area contributed by atoms with Crippen molar-refractivity contribution in [3.63, 3.8) is 0 Å². The molecule has 82 valence electrons. The fraction of sp³-hybridized carbons (Fsp3) is 0.556. The minimum atomic E-state index is -0.318. The molecule has 1 atom stereocenters. The third-order valence-corrected chi connectivity index (χ3v) is 4.22. The summed E-state index contributed by atoms with van der Waals surface area (Å²) in [7, 11) is 1.38. The van der Waals surface area contributed by atoms with Crippen LogP contribution in [0.2, 0.25) is 0 Å². The quantitative estimate of drug-likeness (QED) is 0.822. The first-order valence-electron chi connectivity index (χ1n) is 4.68. The van der Waals surface area contributed by atoms with Gasteiger partial charge in [0.1, 0.15) is 4.88 Å². The highest BCUT2D eigenvalue weighted by Gasteiger charge is 2.17. The van der Waals surface area contributed by atoms with Crippen molar-refractivity contribution < 1.29 is 9.53 Å². The molecule has 0 aliphatic carbocycles. The second kappa shape index (κ2) is 4.85. The number of hydrogen-bond acceptors (Lipinski definition) is 6. The minimum absolute atomic E-state index is 0.318. The lowest BCUT2D eigenvalue weighted by molar-refractivity contribution is 0.0606. The molecule has 1 aromatic rings. The van der Waals surface area contributed by atoms with Gasteiger partial charge < -0.3 is 10.1 Å². The maximum atomic E-state index is 11.2. The monoisotopic (exact) mass is 244 g/mol. The van der Waals surface area contributed by atoms with Gasteiger partial charge in [-0.3, -0.25) is 0 Å². The number of nitrogens with zero attached hydrogens (tertiary/aromatic N) is 1. The zero-order chi connectivity index (χ0) is 10.7. The van der Waals surface area contributed by atoms with Crippen LogP contribution in [0.5, 0.6) is 0 Å². The van der Waals surface area contributed by atoms with E-state index in [-0.39, 0.29) is 5.97 Å². The number of esters is 1. The smallest absolute Gasteiger partial charge is 0.349 e. The van der Waals surface area contributed by atoms with Crippen LogP contribution in [0.25, 0.3) is 0 Å². The number of aromatic nitrogens is 1. The fourth-order valence-electron chi connectivity index (χ4n) is 1.36. The Balaban J connectivity index is 1.97. The van der Waals surface area contributed by atoms with E-state index in [1.807, 2.05) is 11.8 Å². The predicted octanol–water partition coefficient (Wildman–Crippen LogP) is 1.85. The van der Waals surface area contributed by atoms with Crippen LogP contribution in [0.4, 0.5) is 5.13 Å². The summed E-state index contributed by atoms with van der Waals surface area (Å²) in [5, 5.41) is 4.13. The summed E-state index contributed by atoms with van der Waals surface area (Å²) in [6.07, 6.45) is 2.72. The molecule has 0 aromatic carbocycles. The van der Waals surface area contributed by atoms with Crippen molar-refractivity contribution in [1.29, 1.82) is 0 Å². The first-order chi connectivity index (χ1) is 7.29. The van der Waals surface area contributed by atoms with E-state index in [0.29, 0.717) is 10.9 Å². The van der Waals surface area contributed by atoms with E-state index in [4.69, 9.17) is 0 Å². The second-order valence-electron chi connectivity index (χ2n) is 3.23.